The molecule has 1 aromatic carbocycles. The van der Waals surface area contributed by atoms with Gasteiger partial charge < -0.3 is 15.2 Å². The summed E-state index contributed by atoms with van der Waals surface area (Å²) in [6, 6.07) is 11.5. The van der Waals surface area contributed by atoms with Gasteiger partial charge in [0, 0.05) is 31.2 Å². The highest BCUT2D eigenvalue weighted by Crippen LogP contribution is 2.37. The summed E-state index contributed by atoms with van der Waals surface area (Å²) in [7, 11) is 0. The van der Waals surface area contributed by atoms with Gasteiger partial charge in [-0.1, -0.05) is 37.3 Å². The highest BCUT2D eigenvalue weighted by atomic mass is 16.5. The van der Waals surface area contributed by atoms with Crippen LogP contribution in [0.15, 0.2) is 30.3 Å². The van der Waals surface area contributed by atoms with Gasteiger partial charge in [0.2, 0.25) is 0 Å². The third-order valence-electron chi connectivity index (χ3n) is 5.81. The minimum atomic E-state index is 0.150. The lowest BCUT2D eigenvalue weighted by atomic mass is 9.75. The Kier molecular flexibility index (Phi) is 5.73. The lowest BCUT2D eigenvalue weighted by molar-refractivity contribution is 0.118. The molecule has 1 aromatic rings. The molecule has 2 aliphatic rings. The summed E-state index contributed by atoms with van der Waals surface area (Å²) in [6.07, 6.45) is 5.71. The lowest BCUT2D eigenvalue weighted by Gasteiger charge is -2.37. The topological polar surface area (TPSA) is 41.5 Å². The molecular weight excluding hydrogens is 286 g/mol. The summed E-state index contributed by atoms with van der Waals surface area (Å²) < 4.78 is 5.61. The monoisotopic (exact) mass is 317 g/mol. The van der Waals surface area contributed by atoms with Crippen LogP contribution in [0.25, 0.3) is 0 Å². The number of aliphatic hydroxyl groups is 1. The predicted octanol–water partition coefficient (Wildman–Crippen LogP) is 3.34. The number of ether oxygens (including phenoxy) is 1. The SMILES string of the molecule is CC1CC(NCC2(CCO)CCOC2)CC(c2ccccc2)C1. The maximum absolute atomic E-state index is 9.38. The van der Waals surface area contributed by atoms with E-state index in [-0.39, 0.29) is 12.0 Å². The summed E-state index contributed by atoms with van der Waals surface area (Å²) >= 11 is 0. The van der Waals surface area contributed by atoms with Crippen molar-refractivity contribution in [3.63, 3.8) is 0 Å². The largest absolute Gasteiger partial charge is 0.396 e. The van der Waals surface area contributed by atoms with Crippen molar-refractivity contribution in [1.82, 2.24) is 5.32 Å². The summed E-state index contributed by atoms with van der Waals surface area (Å²) in [5.74, 6) is 1.44. The third-order valence-corrected chi connectivity index (χ3v) is 5.81. The molecule has 23 heavy (non-hydrogen) atoms. The predicted molar refractivity (Wildman–Crippen MR) is 93.6 cm³/mol. The molecule has 2 N–H and O–H groups in total. The Labute approximate surface area is 140 Å². The van der Waals surface area contributed by atoms with Crippen molar-refractivity contribution in [3.8, 4) is 0 Å². The van der Waals surface area contributed by atoms with Gasteiger partial charge in [0.1, 0.15) is 0 Å². The molecule has 4 unspecified atom stereocenters. The van der Waals surface area contributed by atoms with Gasteiger partial charge >= 0.3 is 0 Å². The zero-order valence-corrected chi connectivity index (χ0v) is 14.3. The quantitative estimate of drug-likeness (QED) is 0.845. The van der Waals surface area contributed by atoms with Crippen LogP contribution in [0.4, 0.5) is 0 Å². The standard InChI is InChI=1S/C20H31NO2/c1-16-11-18(17-5-3-2-4-6-17)13-19(12-16)21-14-20(7-9-22)8-10-23-15-20/h2-6,16,18-19,21-22H,7-15H2,1H3. The summed E-state index contributed by atoms with van der Waals surface area (Å²) in [4.78, 5) is 0. The molecule has 2 fully saturated rings. The molecule has 0 bridgehead atoms. The smallest absolute Gasteiger partial charge is 0.0536 e. The molecule has 0 radical (unpaired) electrons. The van der Waals surface area contributed by atoms with Gasteiger partial charge in [-0.15, -0.1) is 0 Å². The van der Waals surface area contributed by atoms with E-state index in [2.05, 4.69) is 42.6 Å². The molecule has 0 amide bonds. The first-order valence-corrected chi connectivity index (χ1v) is 9.18. The van der Waals surface area contributed by atoms with Crippen LogP contribution >= 0.6 is 0 Å². The van der Waals surface area contributed by atoms with Crippen LogP contribution in [-0.4, -0.2) is 37.5 Å². The van der Waals surface area contributed by atoms with Crippen molar-refractivity contribution < 1.29 is 9.84 Å². The molecule has 1 heterocycles. The van der Waals surface area contributed by atoms with Crippen molar-refractivity contribution in [3.05, 3.63) is 35.9 Å². The number of aliphatic hydroxyl groups excluding tert-OH is 1. The summed E-state index contributed by atoms with van der Waals surface area (Å²) in [5.41, 5.74) is 1.64. The first kappa shape index (κ1) is 16.9. The highest BCUT2D eigenvalue weighted by molar-refractivity contribution is 5.20. The van der Waals surface area contributed by atoms with Gasteiger partial charge in [-0.2, -0.15) is 0 Å². The van der Waals surface area contributed by atoms with E-state index < -0.39 is 0 Å². The number of hydrogen-bond donors (Lipinski definition) is 2. The molecule has 1 saturated heterocycles. The average Bonchev–Trinajstić information content (AvgIpc) is 3.03. The van der Waals surface area contributed by atoms with Crippen LogP contribution in [0.5, 0.6) is 0 Å². The molecule has 1 aliphatic carbocycles. The molecular formula is C20H31NO2. The fraction of sp³-hybridized carbons (Fsp3) is 0.700. The first-order valence-electron chi connectivity index (χ1n) is 9.18. The van der Waals surface area contributed by atoms with Gasteiger partial charge in [0.25, 0.3) is 0 Å². The van der Waals surface area contributed by atoms with Crippen LogP contribution in [0, 0.1) is 11.3 Å². The van der Waals surface area contributed by atoms with Crippen molar-refractivity contribution in [2.45, 2.75) is 51.0 Å². The van der Waals surface area contributed by atoms with Crippen molar-refractivity contribution in [2.24, 2.45) is 11.3 Å². The average molecular weight is 317 g/mol. The molecule has 128 valence electrons. The molecule has 1 saturated carbocycles. The number of hydrogen-bond acceptors (Lipinski definition) is 3. The Morgan fingerprint density at radius 2 is 2.04 bits per heavy atom. The number of nitrogens with one attached hydrogen (secondary N) is 1. The van der Waals surface area contributed by atoms with Gasteiger partial charge in [-0.3, -0.25) is 0 Å². The third kappa shape index (κ3) is 4.34. The first-order chi connectivity index (χ1) is 11.2. The van der Waals surface area contributed by atoms with Gasteiger partial charge in [0.05, 0.1) is 6.61 Å². The molecule has 3 heteroatoms. The minimum Gasteiger partial charge on any atom is -0.396 e. The van der Waals surface area contributed by atoms with E-state index in [0.717, 1.165) is 38.5 Å². The second-order valence-corrected chi connectivity index (χ2v) is 7.77. The summed E-state index contributed by atoms with van der Waals surface area (Å²) in [5, 5.41) is 13.2. The minimum absolute atomic E-state index is 0.150. The van der Waals surface area contributed by atoms with Crippen LogP contribution in [-0.2, 0) is 4.74 Å². The van der Waals surface area contributed by atoms with E-state index in [1.165, 1.54) is 24.8 Å². The Morgan fingerprint density at radius 1 is 1.22 bits per heavy atom. The van der Waals surface area contributed by atoms with Gasteiger partial charge in [0.15, 0.2) is 0 Å². The number of rotatable bonds is 6. The molecule has 3 nitrogen and oxygen atoms in total. The molecule has 0 spiro atoms. The Morgan fingerprint density at radius 3 is 2.74 bits per heavy atom. The second kappa shape index (κ2) is 7.78. The number of benzene rings is 1. The second-order valence-electron chi connectivity index (χ2n) is 7.77. The van der Waals surface area contributed by atoms with Crippen molar-refractivity contribution in [2.75, 3.05) is 26.4 Å². The Balaban J connectivity index is 1.59. The van der Waals surface area contributed by atoms with E-state index in [1.807, 2.05) is 0 Å². The maximum Gasteiger partial charge on any atom is 0.0536 e. The Bertz CT molecular complexity index is 470. The van der Waals surface area contributed by atoms with Crippen LogP contribution in [0.1, 0.15) is 50.5 Å². The maximum atomic E-state index is 9.38. The van der Waals surface area contributed by atoms with Crippen LogP contribution in [0.3, 0.4) is 0 Å². The Hall–Kier alpha value is -0.900. The molecule has 3 rings (SSSR count). The van der Waals surface area contributed by atoms with E-state index in [0.29, 0.717) is 12.0 Å². The zero-order valence-electron chi connectivity index (χ0n) is 14.3. The van der Waals surface area contributed by atoms with Crippen molar-refractivity contribution >= 4 is 0 Å². The van der Waals surface area contributed by atoms with Gasteiger partial charge in [-0.05, 0) is 49.5 Å². The molecule has 4 atom stereocenters. The molecule has 0 aromatic heterocycles. The fourth-order valence-corrected chi connectivity index (χ4v) is 4.44. The van der Waals surface area contributed by atoms with Crippen molar-refractivity contribution in [1.29, 1.82) is 0 Å². The van der Waals surface area contributed by atoms with Gasteiger partial charge in [-0.25, -0.2) is 0 Å². The van der Waals surface area contributed by atoms with E-state index >= 15 is 0 Å². The summed E-state index contributed by atoms with van der Waals surface area (Å²) in [6.45, 7) is 5.26. The van der Waals surface area contributed by atoms with E-state index in [4.69, 9.17) is 4.74 Å². The van der Waals surface area contributed by atoms with E-state index in [1.54, 1.807) is 0 Å². The highest BCUT2D eigenvalue weighted by Gasteiger charge is 2.36. The zero-order chi connectivity index (χ0) is 16.1. The molecule has 1 aliphatic heterocycles. The van der Waals surface area contributed by atoms with E-state index in [9.17, 15) is 5.11 Å². The van der Waals surface area contributed by atoms with Crippen LogP contribution in [0.2, 0.25) is 0 Å². The lowest BCUT2D eigenvalue weighted by Crippen LogP contribution is -2.43. The fourth-order valence-electron chi connectivity index (χ4n) is 4.44. The van der Waals surface area contributed by atoms with Crippen LogP contribution < -0.4 is 5.32 Å². The normalized spacial score (nSPS) is 34.6.